The second-order valence-corrected chi connectivity index (χ2v) is 10.6. The molecule has 2 atom stereocenters. The number of nitrogens with zero attached hydrogens (tertiary/aromatic N) is 1. The monoisotopic (exact) mass is 551 g/mol. The molecule has 6 rings (SSSR count). The zero-order valence-electron chi connectivity index (χ0n) is 21.5. The molecule has 0 aromatic heterocycles. The van der Waals surface area contributed by atoms with Crippen LogP contribution < -0.4 is 22.2 Å². The van der Waals surface area contributed by atoms with Gasteiger partial charge in [0, 0.05) is 28.3 Å². The second kappa shape index (κ2) is 9.43. The highest BCUT2D eigenvalue weighted by Gasteiger charge is 2.65. The number of guanidine groups is 1. The minimum Gasteiger partial charge on any atom is -0.507 e. The van der Waals surface area contributed by atoms with Crippen LogP contribution in [0.3, 0.4) is 0 Å². The van der Waals surface area contributed by atoms with Crippen molar-refractivity contribution in [2.45, 2.75) is 24.7 Å². The van der Waals surface area contributed by atoms with Crippen LogP contribution in [0, 0.1) is 6.92 Å². The number of benzene rings is 4. The molecular weight excluding hydrogens is 526 g/mol. The molecule has 2 unspecified atom stereocenters. The highest BCUT2D eigenvalue weighted by molar-refractivity contribution is 6.34. The first kappa shape index (κ1) is 25.5. The molecule has 7 N–H and O–H groups in total. The smallest absolute Gasteiger partial charge is 0.258 e. The number of anilines is 1. The van der Waals surface area contributed by atoms with E-state index in [0.29, 0.717) is 22.7 Å². The molecule has 1 heterocycles. The molecule has 1 saturated carbocycles. The summed E-state index contributed by atoms with van der Waals surface area (Å²) in [6.07, 6.45) is 0.607. The van der Waals surface area contributed by atoms with Gasteiger partial charge in [-0.25, -0.2) is 0 Å². The van der Waals surface area contributed by atoms with E-state index in [2.05, 4.69) is 15.7 Å². The largest absolute Gasteiger partial charge is 0.507 e. The first-order valence-electron chi connectivity index (χ1n) is 12.7. The average Bonchev–Trinajstić information content (AvgIpc) is 3.64. The van der Waals surface area contributed by atoms with Crippen LogP contribution in [0.25, 0.3) is 22.3 Å². The molecule has 1 spiro atoms. The number of phenolic OH excluding ortho intramolecular Hbond substituents is 1. The molecule has 0 saturated heterocycles. The number of hydrazone groups is 1. The van der Waals surface area contributed by atoms with Crippen LogP contribution in [0.1, 0.15) is 39.4 Å². The first-order chi connectivity index (χ1) is 19.2. The normalized spacial score (nSPS) is 19.3. The maximum absolute atomic E-state index is 13.4. The highest BCUT2D eigenvalue weighted by Crippen LogP contribution is 2.65. The molecule has 200 valence electrons. The van der Waals surface area contributed by atoms with Gasteiger partial charge in [-0.1, -0.05) is 66.2 Å². The van der Waals surface area contributed by atoms with Gasteiger partial charge in [0.05, 0.1) is 10.4 Å². The maximum atomic E-state index is 13.4. The van der Waals surface area contributed by atoms with Crippen molar-refractivity contribution < 1.29 is 14.7 Å². The number of halogens is 1. The van der Waals surface area contributed by atoms with E-state index < -0.39 is 11.3 Å². The molecule has 40 heavy (non-hydrogen) atoms. The number of aryl methyl sites for hydroxylation is 1. The number of amides is 2. The van der Waals surface area contributed by atoms with Gasteiger partial charge in [0.1, 0.15) is 5.75 Å². The molecule has 1 aliphatic carbocycles. The van der Waals surface area contributed by atoms with E-state index in [1.807, 2.05) is 61.5 Å². The van der Waals surface area contributed by atoms with E-state index in [4.69, 9.17) is 23.2 Å². The third-order valence-corrected chi connectivity index (χ3v) is 8.22. The molecule has 2 aliphatic rings. The molecule has 9 heteroatoms. The zero-order chi connectivity index (χ0) is 28.2. The number of nitrogens with one attached hydrogen (secondary N) is 2. The van der Waals surface area contributed by atoms with Gasteiger partial charge in [-0.2, -0.15) is 0 Å². The Kier molecular flexibility index (Phi) is 6.00. The molecule has 2 amide bonds. The molecule has 0 bridgehead atoms. The molecule has 1 fully saturated rings. The second-order valence-electron chi connectivity index (χ2n) is 10.2. The summed E-state index contributed by atoms with van der Waals surface area (Å²) < 4.78 is 0. The third-order valence-electron chi connectivity index (χ3n) is 7.90. The zero-order valence-corrected chi connectivity index (χ0v) is 22.3. The van der Waals surface area contributed by atoms with Crippen LogP contribution in [0.2, 0.25) is 5.02 Å². The number of nitrogens with two attached hydrogens (primary N) is 2. The van der Waals surface area contributed by atoms with E-state index in [1.54, 1.807) is 24.3 Å². The van der Waals surface area contributed by atoms with Gasteiger partial charge in [0.2, 0.25) is 11.9 Å². The van der Waals surface area contributed by atoms with Crippen molar-refractivity contribution in [1.29, 1.82) is 0 Å². The maximum Gasteiger partial charge on any atom is 0.258 e. The fourth-order valence-electron chi connectivity index (χ4n) is 5.70. The van der Waals surface area contributed by atoms with Gasteiger partial charge in [0.15, 0.2) is 0 Å². The third kappa shape index (κ3) is 4.04. The number of hydrogen-bond donors (Lipinski definition) is 5. The van der Waals surface area contributed by atoms with Crippen molar-refractivity contribution in [3.63, 3.8) is 0 Å². The number of carbonyl (C=O) groups is 2. The Morgan fingerprint density at radius 2 is 1.75 bits per heavy atom. The van der Waals surface area contributed by atoms with Crippen LogP contribution in [0.15, 0.2) is 84.0 Å². The SMILES string of the molecule is Cc1ccc(C2CC23C(=O)Nc2cc(Cl)c(-c4ccc(-c5ccccc5O)cc4)cc23)cc1C(=O)N/C(N)=N\N. The number of hydrogen-bond acceptors (Lipinski definition) is 5. The summed E-state index contributed by atoms with van der Waals surface area (Å²) >= 11 is 6.70. The molecular formula is C31H26ClN5O3. The molecule has 8 nitrogen and oxygen atoms in total. The van der Waals surface area contributed by atoms with E-state index in [-0.39, 0.29) is 23.5 Å². The predicted octanol–water partition coefficient (Wildman–Crippen LogP) is 4.98. The Morgan fingerprint density at radius 3 is 2.45 bits per heavy atom. The predicted molar refractivity (Wildman–Crippen MR) is 156 cm³/mol. The Morgan fingerprint density at radius 1 is 1.05 bits per heavy atom. The summed E-state index contributed by atoms with van der Waals surface area (Å²) in [7, 11) is 0. The van der Waals surface area contributed by atoms with Crippen LogP contribution in [-0.4, -0.2) is 22.9 Å². The van der Waals surface area contributed by atoms with Gasteiger partial charge in [-0.05, 0) is 65.4 Å². The topological polar surface area (TPSA) is 143 Å². The molecule has 4 aromatic rings. The highest BCUT2D eigenvalue weighted by atomic mass is 35.5. The summed E-state index contributed by atoms with van der Waals surface area (Å²) in [5, 5.41) is 19.5. The van der Waals surface area contributed by atoms with Crippen molar-refractivity contribution in [3.8, 4) is 28.0 Å². The van der Waals surface area contributed by atoms with Gasteiger partial charge < -0.3 is 22.0 Å². The van der Waals surface area contributed by atoms with Gasteiger partial charge >= 0.3 is 0 Å². The van der Waals surface area contributed by atoms with Gasteiger partial charge in [-0.3, -0.25) is 14.9 Å². The fraction of sp³-hybridized carbons (Fsp3) is 0.129. The van der Waals surface area contributed by atoms with Crippen LogP contribution in [-0.2, 0) is 10.2 Å². The standard InChI is InChI=1S/C31H26ClN5O3/c1-16-6-7-19(12-21(16)28(39)36-30(33)37-34)24-15-31(24)23-13-22(25(32)14-26(23)35-29(31)40)18-10-8-17(9-11-18)20-4-2-3-5-27(20)38/h2-14,24,38H,15,34H2,1H3,(H,35,40)(H3,33,36,37,39). The summed E-state index contributed by atoms with van der Waals surface area (Å²) in [5.41, 5.74) is 11.8. The van der Waals surface area contributed by atoms with E-state index in [0.717, 1.165) is 38.9 Å². The lowest BCUT2D eigenvalue weighted by Crippen LogP contribution is -2.37. The number of rotatable bonds is 4. The van der Waals surface area contributed by atoms with Crippen LogP contribution >= 0.6 is 11.6 Å². The summed E-state index contributed by atoms with van der Waals surface area (Å²) in [6, 6.07) is 24.4. The number of fused-ring (bicyclic) bond motifs is 2. The lowest BCUT2D eigenvalue weighted by molar-refractivity contribution is -0.118. The van der Waals surface area contributed by atoms with Crippen molar-refractivity contribution in [3.05, 3.63) is 106 Å². The van der Waals surface area contributed by atoms with E-state index in [9.17, 15) is 14.7 Å². The van der Waals surface area contributed by atoms with Gasteiger partial charge in [0.25, 0.3) is 5.91 Å². The number of para-hydroxylation sites is 1. The molecule has 4 aromatic carbocycles. The number of aromatic hydroxyl groups is 1. The molecule has 0 radical (unpaired) electrons. The van der Waals surface area contributed by atoms with E-state index in [1.165, 1.54) is 0 Å². The first-order valence-corrected chi connectivity index (χ1v) is 13.1. The van der Waals surface area contributed by atoms with Crippen molar-refractivity contribution in [1.82, 2.24) is 5.32 Å². The Hall–Kier alpha value is -4.82. The minimum absolute atomic E-state index is 0.0818. The van der Waals surface area contributed by atoms with E-state index >= 15 is 0 Å². The van der Waals surface area contributed by atoms with Crippen molar-refractivity contribution in [2.24, 2.45) is 16.7 Å². The summed E-state index contributed by atoms with van der Waals surface area (Å²) in [6.45, 7) is 1.83. The van der Waals surface area contributed by atoms with Crippen LogP contribution in [0.5, 0.6) is 5.75 Å². The fourth-order valence-corrected chi connectivity index (χ4v) is 5.97. The number of phenols is 1. The van der Waals surface area contributed by atoms with Crippen molar-refractivity contribution >= 4 is 35.1 Å². The quantitative estimate of drug-likeness (QED) is 0.105. The lowest BCUT2D eigenvalue weighted by atomic mass is 9.89. The lowest BCUT2D eigenvalue weighted by Gasteiger charge is -2.14. The minimum atomic E-state index is -0.745. The average molecular weight is 552 g/mol. The number of carbonyl (C=O) groups excluding carboxylic acids is 2. The Bertz CT molecular complexity index is 1730. The van der Waals surface area contributed by atoms with Crippen LogP contribution in [0.4, 0.5) is 5.69 Å². The Labute approximate surface area is 235 Å². The summed E-state index contributed by atoms with van der Waals surface area (Å²) in [5.74, 6) is 4.57. The summed E-state index contributed by atoms with van der Waals surface area (Å²) in [4.78, 5) is 26.1. The Balaban J connectivity index is 1.34. The van der Waals surface area contributed by atoms with Crippen molar-refractivity contribution in [2.75, 3.05) is 5.32 Å². The molecule has 1 aliphatic heterocycles. The van der Waals surface area contributed by atoms with Gasteiger partial charge in [-0.15, -0.1) is 5.10 Å².